The number of Topliss-reactive ketones (excluding diaryl/α,β-unsaturated/α-hetero) is 1. The monoisotopic (exact) mass is 727 g/mol. The van der Waals surface area contributed by atoms with E-state index in [1.165, 1.54) is 0 Å². The van der Waals surface area contributed by atoms with Gasteiger partial charge in [0.1, 0.15) is 36.6 Å². The number of nitrogens with one attached hydrogen (secondary N) is 4. The fraction of sp³-hybridized carbons (Fsp3) is 0.815. The molecule has 0 bridgehead atoms. The summed E-state index contributed by atoms with van der Waals surface area (Å²) in [6, 6.07) is -2.06. The lowest BCUT2D eigenvalue weighted by atomic mass is 9.76. The van der Waals surface area contributed by atoms with Crippen LogP contribution < -0.4 is 16.4 Å². The lowest BCUT2D eigenvalue weighted by Gasteiger charge is -2.48. The molecule has 14 atom stereocenters. The van der Waals surface area contributed by atoms with Gasteiger partial charge in [-0.15, -0.1) is 0 Å². The Balaban J connectivity index is 1.92. The third-order valence-electron chi connectivity index (χ3n) is 8.42. The molecule has 2 amide bonds. The van der Waals surface area contributed by atoms with Gasteiger partial charge in [-0.2, -0.15) is 9.78 Å². The minimum absolute atomic E-state index is 0.123. The molecule has 2 aliphatic heterocycles. The molecule has 13 unspecified atom stereocenters. The van der Waals surface area contributed by atoms with Crippen molar-refractivity contribution in [3.63, 3.8) is 0 Å². The van der Waals surface area contributed by atoms with E-state index in [2.05, 4.69) is 25.3 Å². The van der Waals surface area contributed by atoms with Crippen molar-refractivity contribution < 1.29 is 88.6 Å². The Labute approximate surface area is 284 Å². The summed E-state index contributed by atoms with van der Waals surface area (Å²) < 4.78 is 23.4. The van der Waals surface area contributed by atoms with Gasteiger partial charge in [0.15, 0.2) is 24.5 Å². The highest BCUT2D eigenvalue weighted by Crippen LogP contribution is 2.37. The molecule has 3 fully saturated rings. The van der Waals surface area contributed by atoms with Crippen LogP contribution in [-0.2, 0) is 43.3 Å². The summed E-state index contributed by atoms with van der Waals surface area (Å²) in [6.45, 7) is -1.22. The fourth-order valence-corrected chi connectivity index (χ4v) is 6.00. The third kappa shape index (κ3) is 11.3. The predicted molar refractivity (Wildman–Crippen MR) is 159 cm³/mol. The Hall–Kier alpha value is -3.33. The standard InChI is InChI=1S/C27H45N5O18/c28-9-44-43-4-3-15(34)16(35)6-11-5-14(32-27(41)42)22(49-24-13(30)2-1-12(46-24)7-31-26(39)40)19(37)21(11)48-25-20(38)23(50-45-10-29)18(36)17(8-33)47-25/h9-15,17-25,28-29,31-34,36-38H,1-8,30H2,(H,39,40)(H,41,42)/t11?,12?,13?,14?,15-,17?,18?,19?,20?,21?,22?,23?,24?,25?/m0/s1. The van der Waals surface area contributed by atoms with Gasteiger partial charge in [-0.25, -0.2) is 9.59 Å². The highest BCUT2D eigenvalue weighted by molar-refractivity contribution is 5.83. The van der Waals surface area contributed by atoms with Gasteiger partial charge in [0.05, 0.1) is 37.5 Å². The molecule has 1 aliphatic carbocycles. The normalized spacial score (nSPS) is 36.4. The van der Waals surface area contributed by atoms with E-state index >= 15 is 0 Å². The minimum atomic E-state index is -1.89. The average Bonchev–Trinajstić information content (AvgIpc) is 3.07. The van der Waals surface area contributed by atoms with Crippen LogP contribution in [0.3, 0.4) is 0 Å². The number of carboxylic acid groups (broad SMARTS) is 2. The van der Waals surface area contributed by atoms with E-state index in [-0.39, 0.29) is 26.0 Å². The molecule has 286 valence electrons. The first-order valence-electron chi connectivity index (χ1n) is 15.6. The van der Waals surface area contributed by atoms with Crippen molar-refractivity contribution >= 4 is 30.8 Å². The van der Waals surface area contributed by atoms with Crippen molar-refractivity contribution in [1.82, 2.24) is 10.6 Å². The second-order valence-electron chi connectivity index (χ2n) is 11.8. The quantitative estimate of drug-likeness (QED) is 0.0202. The lowest BCUT2D eigenvalue weighted by Crippen LogP contribution is -2.65. The first kappa shape index (κ1) is 41.1. The number of hydrogen-bond acceptors (Lipinski definition) is 19. The number of rotatable bonds is 19. The van der Waals surface area contributed by atoms with Crippen LogP contribution in [-0.4, -0.2) is 166 Å². The summed E-state index contributed by atoms with van der Waals surface area (Å²) in [6.07, 6.45) is -19.4. The summed E-state index contributed by atoms with van der Waals surface area (Å²) in [5.74, 6) is -1.91. The molecule has 1 saturated carbocycles. The highest BCUT2D eigenvalue weighted by Gasteiger charge is 2.53. The molecule has 0 spiro atoms. The molecular weight excluding hydrogens is 682 g/mol. The summed E-state index contributed by atoms with van der Waals surface area (Å²) in [7, 11) is 0. The van der Waals surface area contributed by atoms with Crippen molar-refractivity contribution in [2.45, 2.75) is 112 Å². The largest absolute Gasteiger partial charge is 0.465 e. The van der Waals surface area contributed by atoms with Crippen molar-refractivity contribution in [2.75, 3.05) is 19.8 Å². The maximum absolute atomic E-state index is 13.1. The van der Waals surface area contributed by atoms with Gasteiger partial charge in [-0.1, -0.05) is 0 Å². The van der Waals surface area contributed by atoms with Crippen molar-refractivity contribution in [3.8, 4) is 0 Å². The average molecular weight is 728 g/mol. The molecule has 23 nitrogen and oxygen atoms in total. The van der Waals surface area contributed by atoms with Crippen LogP contribution in [0.2, 0.25) is 0 Å². The Morgan fingerprint density at radius 2 is 1.62 bits per heavy atom. The molecular formula is C27H45N5O18. The molecule has 3 rings (SSSR count). The van der Waals surface area contributed by atoms with Gasteiger partial charge in [-0.05, 0) is 25.2 Å². The number of amides is 2. The summed E-state index contributed by atoms with van der Waals surface area (Å²) in [5, 5.41) is 90.4. The van der Waals surface area contributed by atoms with Crippen molar-refractivity contribution in [2.24, 2.45) is 11.7 Å². The van der Waals surface area contributed by atoms with Gasteiger partial charge in [0.25, 0.3) is 0 Å². The molecule has 3 aliphatic rings. The number of nitrogens with two attached hydrogens (primary N) is 1. The van der Waals surface area contributed by atoms with Gasteiger partial charge < -0.3 is 80.8 Å². The van der Waals surface area contributed by atoms with Crippen LogP contribution in [0, 0.1) is 16.7 Å². The predicted octanol–water partition coefficient (Wildman–Crippen LogP) is -3.50. The van der Waals surface area contributed by atoms with E-state index in [4.69, 9.17) is 45.5 Å². The van der Waals surface area contributed by atoms with Crippen LogP contribution in [0.1, 0.15) is 32.1 Å². The molecule has 0 aromatic rings. The zero-order chi connectivity index (χ0) is 37.0. The van der Waals surface area contributed by atoms with Crippen LogP contribution in [0.5, 0.6) is 0 Å². The van der Waals surface area contributed by atoms with Gasteiger partial charge in [-0.3, -0.25) is 15.6 Å². The first-order chi connectivity index (χ1) is 23.8. The van der Waals surface area contributed by atoms with E-state index in [0.29, 0.717) is 25.6 Å². The lowest BCUT2D eigenvalue weighted by molar-refractivity contribution is -0.378. The number of aliphatic hydroxyl groups is 5. The zero-order valence-electron chi connectivity index (χ0n) is 26.6. The van der Waals surface area contributed by atoms with E-state index in [0.717, 1.165) is 0 Å². The van der Waals surface area contributed by atoms with E-state index in [1.54, 1.807) is 0 Å². The Bertz CT molecular complexity index is 1130. The SMILES string of the molecule is N=COOCC[C@H](O)C(=O)CC1CC(NC(=O)O)C(OC2OC(CNC(=O)O)CCC2N)C(O)C1OC1OC(CO)C(O)C(OOC=N)C1O. The smallest absolute Gasteiger partial charge is 0.404 e. The molecule has 2 saturated heterocycles. The molecule has 13 N–H and O–H groups in total. The topological polar surface area (TPSA) is 364 Å². The molecule has 0 radical (unpaired) electrons. The van der Waals surface area contributed by atoms with Crippen LogP contribution in [0.25, 0.3) is 0 Å². The van der Waals surface area contributed by atoms with E-state index in [1.807, 2.05) is 0 Å². The molecule has 0 aromatic carbocycles. The number of carbonyl (C=O) groups excluding carboxylic acids is 1. The third-order valence-corrected chi connectivity index (χ3v) is 8.42. The highest BCUT2D eigenvalue weighted by atomic mass is 17.2. The van der Waals surface area contributed by atoms with Gasteiger partial charge >= 0.3 is 12.2 Å². The Morgan fingerprint density at radius 3 is 2.26 bits per heavy atom. The number of ether oxygens (including phenoxy) is 4. The van der Waals surface area contributed by atoms with Crippen LogP contribution in [0.15, 0.2) is 0 Å². The number of carbonyl (C=O) groups is 3. The second kappa shape index (κ2) is 19.9. The van der Waals surface area contributed by atoms with E-state index in [9.17, 15) is 45.0 Å². The van der Waals surface area contributed by atoms with Gasteiger partial charge in [0.2, 0.25) is 12.8 Å². The van der Waals surface area contributed by atoms with Crippen molar-refractivity contribution in [3.05, 3.63) is 0 Å². The molecule has 50 heavy (non-hydrogen) atoms. The minimum Gasteiger partial charge on any atom is -0.465 e. The van der Waals surface area contributed by atoms with Crippen LogP contribution in [0.4, 0.5) is 9.59 Å². The summed E-state index contributed by atoms with van der Waals surface area (Å²) in [4.78, 5) is 54.2. The Kier molecular flexibility index (Phi) is 16.4. The molecule has 23 heteroatoms. The second-order valence-corrected chi connectivity index (χ2v) is 11.8. The number of hydrogen-bond donors (Lipinski definition) is 12. The van der Waals surface area contributed by atoms with Crippen molar-refractivity contribution in [1.29, 1.82) is 10.8 Å². The molecule has 2 heterocycles. The Morgan fingerprint density at radius 1 is 0.920 bits per heavy atom. The first-order valence-corrected chi connectivity index (χ1v) is 15.6. The van der Waals surface area contributed by atoms with Gasteiger partial charge in [0, 0.05) is 19.4 Å². The zero-order valence-corrected chi connectivity index (χ0v) is 26.6. The molecule has 0 aromatic heterocycles. The number of aliphatic hydroxyl groups excluding tert-OH is 5. The summed E-state index contributed by atoms with van der Waals surface area (Å²) in [5.41, 5.74) is 6.21. The number of ketones is 1. The van der Waals surface area contributed by atoms with E-state index < -0.39 is 117 Å². The summed E-state index contributed by atoms with van der Waals surface area (Å²) >= 11 is 0. The maximum atomic E-state index is 13.1. The van der Waals surface area contributed by atoms with Crippen LogP contribution >= 0.6 is 0 Å². The maximum Gasteiger partial charge on any atom is 0.404 e. The fourth-order valence-electron chi connectivity index (χ4n) is 6.00.